The Morgan fingerprint density at radius 3 is 2.29 bits per heavy atom. The number of hydrogen-bond donors (Lipinski definition) is 0. The van der Waals surface area contributed by atoms with E-state index >= 15 is 0 Å². The molecule has 1 aromatic heterocycles. The summed E-state index contributed by atoms with van der Waals surface area (Å²) in [6.07, 6.45) is 0. The van der Waals surface area contributed by atoms with Crippen molar-refractivity contribution in [3.8, 4) is 28.3 Å². The lowest BCUT2D eigenvalue weighted by Gasteiger charge is -2.16. The summed E-state index contributed by atoms with van der Waals surface area (Å²) in [5.74, 6) is 0.0857. The van der Waals surface area contributed by atoms with E-state index in [1.807, 2.05) is 73.0 Å². The molecule has 0 atom stereocenters. The number of aromatic nitrogens is 2. The Kier molecular flexibility index (Phi) is 5.86. The average molecular weight is 451 g/mol. The molecule has 0 aliphatic carbocycles. The van der Waals surface area contributed by atoms with Crippen molar-refractivity contribution < 1.29 is 9.53 Å². The van der Waals surface area contributed by atoms with Gasteiger partial charge >= 0.3 is 5.97 Å². The summed E-state index contributed by atoms with van der Waals surface area (Å²) in [7, 11) is 1.35. The van der Waals surface area contributed by atoms with Gasteiger partial charge in [0.05, 0.1) is 18.5 Å². The van der Waals surface area contributed by atoms with E-state index in [-0.39, 0.29) is 5.69 Å². The van der Waals surface area contributed by atoms with Crippen LogP contribution in [0.3, 0.4) is 0 Å². The van der Waals surface area contributed by atoms with Crippen molar-refractivity contribution in [1.82, 2.24) is 9.55 Å². The third kappa shape index (κ3) is 4.09. The molecule has 0 unspecified atom stereocenters. The Hall–Kier alpha value is -3.08. The van der Waals surface area contributed by atoms with E-state index in [1.54, 1.807) is 12.1 Å². The van der Waals surface area contributed by atoms with E-state index in [1.165, 1.54) is 7.11 Å². The molecule has 156 valence electrons. The van der Waals surface area contributed by atoms with Crippen molar-refractivity contribution in [3.05, 3.63) is 93.6 Å². The molecule has 31 heavy (non-hydrogen) atoms. The fourth-order valence-corrected chi connectivity index (χ4v) is 3.87. The Morgan fingerprint density at radius 1 is 0.903 bits per heavy atom. The molecule has 0 radical (unpaired) electrons. The number of carbonyl (C=O) groups excluding carboxylic acids is 1. The third-order valence-corrected chi connectivity index (χ3v) is 5.55. The molecule has 0 amide bonds. The van der Waals surface area contributed by atoms with Crippen molar-refractivity contribution in [2.24, 2.45) is 0 Å². The number of esters is 1. The summed E-state index contributed by atoms with van der Waals surface area (Å²) in [5.41, 5.74) is 5.34. The highest BCUT2D eigenvalue weighted by molar-refractivity contribution is 6.31. The molecule has 0 aliphatic rings. The number of benzene rings is 3. The lowest BCUT2D eigenvalue weighted by atomic mass is 10.1. The van der Waals surface area contributed by atoms with Crippen LogP contribution in [0.5, 0.6) is 0 Å². The molecular formula is C25H20Cl2N2O2. The zero-order valence-electron chi connectivity index (χ0n) is 17.3. The van der Waals surface area contributed by atoms with Crippen molar-refractivity contribution in [2.75, 3.05) is 7.11 Å². The number of ether oxygens (including phenoxy) is 1. The molecule has 0 N–H and O–H groups in total. The van der Waals surface area contributed by atoms with E-state index in [0.29, 0.717) is 21.6 Å². The minimum Gasteiger partial charge on any atom is -0.464 e. The summed E-state index contributed by atoms with van der Waals surface area (Å²) in [5, 5.41) is 1.14. The zero-order chi connectivity index (χ0) is 22.1. The van der Waals surface area contributed by atoms with Crippen LogP contribution in [-0.4, -0.2) is 22.6 Å². The van der Waals surface area contributed by atoms with Crippen molar-refractivity contribution in [3.63, 3.8) is 0 Å². The summed E-state index contributed by atoms with van der Waals surface area (Å²) in [6, 6.07) is 21.0. The number of aryl methyl sites for hydroxylation is 2. The van der Waals surface area contributed by atoms with E-state index in [9.17, 15) is 4.79 Å². The van der Waals surface area contributed by atoms with Crippen molar-refractivity contribution in [1.29, 1.82) is 0 Å². The SMILES string of the molecule is COC(=O)c1nc(-c2ccc(C)cc2)n(-c2cc(Cl)ccc2C)c1-c1cccc(Cl)c1. The van der Waals surface area contributed by atoms with Crippen LogP contribution in [0.15, 0.2) is 66.7 Å². The Bertz CT molecular complexity index is 1280. The summed E-state index contributed by atoms with van der Waals surface area (Å²) in [6.45, 7) is 4.01. The smallest absolute Gasteiger partial charge is 0.358 e. The van der Waals surface area contributed by atoms with Gasteiger partial charge < -0.3 is 4.74 Å². The van der Waals surface area contributed by atoms with Gasteiger partial charge in [-0.1, -0.05) is 71.2 Å². The molecule has 0 fully saturated rings. The number of imidazole rings is 1. The molecule has 0 saturated carbocycles. The van der Waals surface area contributed by atoms with Gasteiger partial charge in [-0.05, 0) is 43.7 Å². The van der Waals surface area contributed by atoms with Crippen LogP contribution in [0.25, 0.3) is 28.3 Å². The molecule has 0 spiro atoms. The van der Waals surface area contributed by atoms with E-state index in [2.05, 4.69) is 0 Å². The normalized spacial score (nSPS) is 10.9. The van der Waals surface area contributed by atoms with Crippen LogP contribution in [0.2, 0.25) is 10.0 Å². The number of halogens is 2. The highest BCUT2D eigenvalue weighted by Crippen LogP contribution is 2.36. The first kappa shape index (κ1) is 21.2. The first-order valence-corrected chi connectivity index (χ1v) is 10.4. The van der Waals surface area contributed by atoms with E-state index < -0.39 is 5.97 Å². The zero-order valence-corrected chi connectivity index (χ0v) is 18.8. The van der Waals surface area contributed by atoms with Crippen LogP contribution in [0.1, 0.15) is 21.6 Å². The minimum atomic E-state index is -0.526. The van der Waals surface area contributed by atoms with Crippen molar-refractivity contribution >= 4 is 29.2 Å². The Balaban J connectivity index is 2.14. The number of rotatable bonds is 4. The largest absolute Gasteiger partial charge is 0.464 e. The lowest BCUT2D eigenvalue weighted by molar-refractivity contribution is 0.0595. The second-order valence-electron chi connectivity index (χ2n) is 7.27. The molecule has 0 saturated heterocycles. The van der Waals surface area contributed by atoms with Gasteiger partial charge in [0.1, 0.15) is 5.82 Å². The number of hydrogen-bond acceptors (Lipinski definition) is 3. The monoisotopic (exact) mass is 450 g/mol. The van der Waals surface area contributed by atoms with Gasteiger partial charge in [-0.3, -0.25) is 4.57 Å². The van der Waals surface area contributed by atoms with Crippen LogP contribution >= 0.6 is 23.2 Å². The minimum absolute atomic E-state index is 0.208. The summed E-state index contributed by atoms with van der Waals surface area (Å²) >= 11 is 12.6. The van der Waals surface area contributed by atoms with Gasteiger partial charge in [-0.15, -0.1) is 0 Å². The molecule has 3 aromatic carbocycles. The van der Waals surface area contributed by atoms with Crippen LogP contribution in [0, 0.1) is 13.8 Å². The van der Waals surface area contributed by atoms with Gasteiger partial charge in [0, 0.05) is 21.2 Å². The number of nitrogens with zero attached hydrogens (tertiary/aromatic N) is 2. The quantitative estimate of drug-likeness (QED) is 0.317. The van der Waals surface area contributed by atoms with Gasteiger partial charge in [0.25, 0.3) is 0 Å². The van der Waals surface area contributed by atoms with Crippen LogP contribution in [0.4, 0.5) is 0 Å². The number of carbonyl (C=O) groups is 1. The fraction of sp³-hybridized carbons (Fsp3) is 0.120. The predicted octanol–water partition coefficient (Wildman–Crippen LogP) is 6.92. The fourth-order valence-electron chi connectivity index (χ4n) is 3.52. The molecule has 4 aromatic rings. The first-order valence-electron chi connectivity index (χ1n) is 9.69. The topological polar surface area (TPSA) is 44.1 Å². The third-order valence-electron chi connectivity index (χ3n) is 5.08. The van der Waals surface area contributed by atoms with Crippen LogP contribution in [-0.2, 0) is 4.74 Å². The van der Waals surface area contributed by atoms with Crippen molar-refractivity contribution in [2.45, 2.75) is 13.8 Å². The maximum Gasteiger partial charge on any atom is 0.358 e. The highest BCUT2D eigenvalue weighted by atomic mass is 35.5. The predicted molar refractivity (Wildman–Crippen MR) is 125 cm³/mol. The molecule has 0 aliphatic heterocycles. The number of methoxy groups -OCH3 is 1. The highest BCUT2D eigenvalue weighted by Gasteiger charge is 2.27. The molecule has 6 heteroatoms. The van der Waals surface area contributed by atoms with Crippen LogP contribution < -0.4 is 0 Å². The molecule has 0 bridgehead atoms. The second-order valence-corrected chi connectivity index (χ2v) is 8.14. The Morgan fingerprint density at radius 2 is 1.61 bits per heavy atom. The van der Waals surface area contributed by atoms with Gasteiger partial charge in [-0.25, -0.2) is 9.78 Å². The summed E-state index contributed by atoms with van der Waals surface area (Å²) < 4.78 is 7.02. The van der Waals surface area contributed by atoms with E-state index in [0.717, 1.165) is 27.9 Å². The standard InChI is InChI=1S/C25H20Cl2N2O2/c1-15-7-10-17(11-8-15)24-28-22(25(30)31-3)23(18-5-4-6-19(26)13-18)29(24)21-14-20(27)12-9-16(21)2/h4-14H,1-3H3. The van der Waals surface area contributed by atoms with E-state index in [4.69, 9.17) is 32.9 Å². The first-order chi connectivity index (χ1) is 14.9. The molecule has 4 rings (SSSR count). The van der Waals surface area contributed by atoms with Gasteiger partial charge in [0.15, 0.2) is 5.69 Å². The average Bonchev–Trinajstić information content (AvgIpc) is 3.16. The van der Waals surface area contributed by atoms with Gasteiger partial charge in [0.2, 0.25) is 0 Å². The molecule has 1 heterocycles. The maximum absolute atomic E-state index is 12.8. The molecule has 4 nitrogen and oxygen atoms in total. The maximum atomic E-state index is 12.8. The summed E-state index contributed by atoms with van der Waals surface area (Å²) in [4.78, 5) is 17.5. The van der Waals surface area contributed by atoms with Gasteiger partial charge in [-0.2, -0.15) is 0 Å². The second kappa shape index (κ2) is 8.58. The molecular weight excluding hydrogens is 431 g/mol. The Labute approximate surface area is 191 Å². The lowest BCUT2D eigenvalue weighted by Crippen LogP contribution is -2.06.